The Morgan fingerprint density at radius 1 is 1.36 bits per heavy atom. The molecule has 1 atom stereocenters. The van der Waals surface area contributed by atoms with Gasteiger partial charge in [0.2, 0.25) is 0 Å². The number of likely N-dealkylation sites (tertiary alicyclic amines) is 1. The van der Waals surface area contributed by atoms with Crippen molar-refractivity contribution in [2.45, 2.75) is 19.4 Å². The van der Waals surface area contributed by atoms with Gasteiger partial charge in [-0.3, -0.25) is 9.69 Å². The number of benzene rings is 1. The van der Waals surface area contributed by atoms with Gasteiger partial charge in [-0.2, -0.15) is 5.10 Å². The third-order valence-corrected chi connectivity index (χ3v) is 4.52. The van der Waals surface area contributed by atoms with Gasteiger partial charge in [0.15, 0.2) is 0 Å². The number of carbonyl (C=O) groups is 1. The summed E-state index contributed by atoms with van der Waals surface area (Å²) in [5.41, 5.74) is 2.12. The van der Waals surface area contributed by atoms with Crippen LogP contribution in [0.15, 0.2) is 41.1 Å². The molecule has 6 heteroatoms. The molecule has 0 radical (unpaired) electrons. The number of aliphatic carboxylic acids is 1. The molecule has 22 heavy (non-hydrogen) atoms. The molecule has 0 bridgehead atoms. The van der Waals surface area contributed by atoms with E-state index in [0.29, 0.717) is 6.54 Å². The number of piperidine rings is 1. The van der Waals surface area contributed by atoms with Gasteiger partial charge in [0.25, 0.3) is 0 Å². The first-order valence-corrected chi connectivity index (χ1v) is 8.16. The molecule has 2 aromatic rings. The molecule has 2 heterocycles. The molecule has 1 aliphatic rings. The average molecular weight is 364 g/mol. The van der Waals surface area contributed by atoms with Crippen LogP contribution in [0.2, 0.25) is 0 Å². The Bertz CT molecular complexity index is 654. The van der Waals surface area contributed by atoms with E-state index in [1.165, 1.54) is 0 Å². The lowest BCUT2D eigenvalue weighted by atomic mass is 9.98. The maximum absolute atomic E-state index is 11.1. The highest BCUT2D eigenvalue weighted by Crippen LogP contribution is 2.19. The summed E-state index contributed by atoms with van der Waals surface area (Å²) in [7, 11) is 0. The van der Waals surface area contributed by atoms with Crippen molar-refractivity contribution in [3.8, 4) is 5.69 Å². The SMILES string of the molecule is O=C(O)C1CCCN(Cc2cnn(-c3ccc(Br)cc3)c2)C1. The highest BCUT2D eigenvalue weighted by molar-refractivity contribution is 9.10. The van der Waals surface area contributed by atoms with Crippen LogP contribution in [0, 0.1) is 5.92 Å². The van der Waals surface area contributed by atoms with Gasteiger partial charge in [0, 0.05) is 29.3 Å². The van der Waals surface area contributed by atoms with E-state index in [4.69, 9.17) is 5.11 Å². The van der Waals surface area contributed by atoms with Crippen LogP contribution < -0.4 is 0 Å². The molecular weight excluding hydrogens is 346 g/mol. The van der Waals surface area contributed by atoms with Crippen LogP contribution in [-0.4, -0.2) is 38.8 Å². The standard InChI is InChI=1S/C16H18BrN3O2/c17-14-3-5-15(6-4-14)20-10-12(8-18-20)9-19-7-1-2-13(11-19)16(21)22/h3-6,8,10,13H,1-2,7,9,11H2,(H,21,22). The molecule has 1 aromatic heterocycles. The fourth-order valence-electron chi connectivity index (χ4n) is 2.84. The van der Waals surface area contributed by atoms with Crippen molar-refractivity contribution >= 4 is 21.9 Å². The molecule has 1 unspecified atom stereocenters. The minimum atomic E-state index is -0.685. The third-order valence-electron chi connectivity index (χ3n) is 3.99. The number of carboxylic acid groups (broad SMARTS) is 1. The van der Waals surface area contributed by atoms with E-state index in [-0.39, 0.29) is 5.92 Å². The highest BCUT2D eigenvalue weighted by atomic mass is 79.9. The van der Waals surface area contributed by atoms with Crippen molar-refractivity contribution in [3.05, 3.63) is 46.7 Å². The summed E-state index contributed by atoms with van der Waals surface area (Å²) < 4.78 is 2.89. The van der Waals surface area contributed by atoms with E-state index in [2.05, 4.69) is 25.9 Å². The lowest BCUT2D eigenvalue weighted by molar-refractivity contribution is -0.143. The maximum atomic E-state index is 11.1. The Morgan fingerprint density at radius 2 is 2.14 bits per heavy atom. The van der Waals surface area contributed by atoms with E-state index in [1.54, 1.807) is 0 Å². The molecule has 1 saturated heterocycles. The van der Waals surface area contributed by atoms with Gasteiger partial charge in [-0.15, -0.1) is 0 Å². The lowest BCUT2D eigenvalue weighted by Gasteiger charge is -2.30. The second kappa shape index (κ2) is 6.62. The Labute approximate surface area is 137 Å². The molecule has 1 aromatic carbocycles. The lowest BCUT2D eigenvalue weighted by Crippen LogP contribution is -2.38. The Balaban J connectivity index is 1.66. The fraction of sp³-hybridized carbons (Fsp3) is 0.375. The van der Waals surface area contributed by atoms with Crippen molar-refractivity contribution in [2.24, 2.45) is 5.92 Å². The van der Waals surface area contributed by atoms with E-state index >= 15 is 0 Å². The molecule has 1 fully saturated rings. The van der Waals surface area contributed by atoms with E-state index < -0.39 is 5.97 Å². The molecule has 116 valence electrons. The van der Waals surface area contributed by atoms with Gasteiger partial charge in [-0.25, -0.2) is 4.68 Å². The average Bonchev–Trinajstić information content (AvgIpc) is 2.96. The van der Waals surface area contributed by atoms with Crippen LogP contribution in [-0.2, 0) is 11.3 Å². The van der Waals surface area contributed by atoms with Gasteiger partial charge in [0.05, 0.1) is 17.8 Å². The summed E-state index contributed by atoms with van der Waals surface area (Å²) in [5, 5.41) is 13.5. The van der Waals surface area contributed by atoms with Crippen LogP contribution in [0.4, 0.5) is 0 Å². The zero-order valence-electron chi connectivity index (χ0n) is 12.2. The predicted molar refractivity (Wildman–Crippen MR) is 86.9 cm³/mol. The number of hydrogen-bond acceptors (Lipinski definition) is 3. The molecule has 1 N–H and O–H groups in total. The van der Waals surface area contributed by atoms with Crippen LogP contribution in [0.25, 0.3) is 5.69 Å². The molecule has 5 nitrogen and oxygen atoms in total. The number of hydrogen-bond donors (Lipinski definition) is 1. The second-order valence-electron chi connectivity index (χ2n) is 5.68. The first-order chi connectivity index (χ1) is 10.6. The van der Waals surface area contributed by atoms with Gasteiger partial charge in [-0.05, 0) is 43.7 Å². The molecule has 0 saturated carbocycles. The van der Waals surface area contributed by atoms with Crippen LogP contribution >= 0.6 is 15.9 Å². The number of aromatic nitrogens is 2. The monoisotopic (exact) mass is 363 g/mol. The topological polar surface area (TPSA) is 58.4 Å². The third kappa shape index (κ3) is 3.56. The van der Waals surface area contributed by atoms with Crippen molar-refractivity contribution in [1.82, 2.24) is 14.7 Å². The normalized spacial score (nSPS) is 19.2. The fourth-order valence-corrected chi connectivity index (χ4v) is 3.10. The summed E-state index contributed by atoms with van der Waals surface area (Å²) in [6, 6.07) is 7.97. The largest absolute Gasteiger partial charge is 0.481 e. The minimum Gasteiger partial charge on any atom is -0.481 e. The summed E-state index contributed by atoms with van der Waals surface area (Å²) in [6.45, 7) is 2.33. The molecule has 0 aliphatic carbocycles. The molecule has 3 rings (SSSR count). The number of carboxylic acids is 1. The Hall–Kier alpha value is -1.66. The van der Waals surface area contributed by atoms with Crippen LogP contribution in [0.5, 0.6) is 0 Å². The highest BCUT2D eigenvalue weighted by Gasteiger charge is 2.25. The minimum absolute atomic E-state index is 0.240. The summed E-state index contributed by atoms with van der Waals surface area (Å²) in [6.07, 6.45) is 5.59. The van der Waals surface area contributed by atoms with Crippen molar-refractivity contribution in [3.63, 3.8) is 0 Å². The summed E-state index contributed by atoms with van der Waals surface area (Å²) in [5.74, 6) is -0.925. The first-order valence-electron chi connectivity index (χ1n) is 7.36. The molecule has 0 amide bonds. The second-order valence-corrected chi connectivity index (χ2v) is 6.60. The summed E-state index contributed by atoms with van der Waals surface area (Å²) in [4.78, 5) is 13.3. The number of nitrogens with zero attached hydrogens (tertiary/aromatic N) is 3. The Morgan fingerprint density at radius 3 is 2.86 bits per heavy atom. The molecular formula is C16H18BrN3O2. The summed E-state index contributed by atoms with van der Waals surface area (Å²) >= 11 is 3.42. The van der Waals surface area contributed by atoms with Gasteiger partial charge >= 0.3 is 5.97 Å². The van der Waals surface area contributed by atoms with Crippen LogP contribution in [0.1, 0.15) is 18.4 Å². The quantitative estimate of drug-likeness (QED) is 0.906. The molecule has 0 spiro atoms. The number of rotatable bonds is 4. The van der Waals surface area contributed by atoms with E-state index in [0.717, 1.165) is 41.7 Å². The zero-order valence-corrected chi connectivity index (χ0v) is 13.7. The first kappa shape index (κ1) is 15.2. The van der Waals surface area contributed by atoms with Gasteiger partial charge < -0.3 is 5.11 Å². The molecule has 1 aliphatic heterocycles. The smallest absolute Gasteiger partial charge is 0.307 e. The van der Waals surface area contributed by atoms with Crippen molar-refractivity contribution < 1.29 is 9.90 Å². The maximum Gasteiger partial charge on any atom is 0.307 e. The Kier molecular flexibility index (Phi) is 4.59. The van der Waals surface area contributed by atoms with Gasteiger partial charge in [0.1, 0.15) is 0 Å². The predicted octanol–water partition coefficient (Wildman–Crippen LogP) is 2.93. The van der Waals surface area contributed by atoms with Gasteiger partial charge in [-0.1, -0.05) is 15.9 Å². The van der Waals surface area contributed by atoms with E-state index in [9.17, 15) is 4.79 Å². The number of halogens is 1. The van der Waals surface area contributed by atoms with Crippen molar-refractivity contribution in [2.75, 3.05) is 13.1 Å². The van der Waals surface area contributed by atoms with Crippen molar-refractivity contribution in [1.29, 1.82) is 0 Å². The zero-order chi connectivity index (χ0) is 15.5. The van der Waals surface area contributed by atoms with E-state index in [1.807, 2.05) is 41.3 Å². The van der Waals surface area contributed by atoms with Crippen LogP contribution in [0.3, 0.4) is 0 Å².